The van der Waals surface area contributed by atoms with E-state index in [-0.39, 0.29) is 5.41 Å². The number of nitrogens with one attached hydrogen (secondary N) is 1. The van der Waals surface area contributed by atoms with Crippen LogP contribution < -0.4 is 5.32 Å². The second-order valence-corrected chi connectivity index (χ2v) is 5.55. The normalized spacial score (nSPS) is 11.8. The van der Waals surface area contributed by atoms with Gasteiger partial charge in [-0.1, -0.05) is 32.9 Å². The minimum atomic E-state index is -0.757. The van der Waals surface area contributed by atoms with E-state index in [1.807, 2.05) is 0 Å². The summed E-state index contributed by atoms with van der Waals surface area (Å²) < 4.78 is 26.7. The zero-order chi connectivity index (χ0) is 13.6. The van der Waals surface area contributed by atoms with E-state index in [0.717, 1.165) is 32.0 Å². The molecule has 0 aromatic heterocycles. The standard InChI is InChI=1S/C15H23F2N/c1-4-9-18-10-8-15(2,3)11-12-6-5-7-13(16)14(12)17/h5-7,18H,4,8-11H2,1-3H3. The molecule has 0 atom stereocenters. The highest BCUT2D eigenvalue weighted by Crippen LogP contribution is 2.27. The van der Waals surface area contributed by atoms with Crippen LogP contribution in [0.5, 0.6) is 0 Å². The molecule has 0 saturated heterocycles. The van der Waals surface area contributed by atoms with Gasteiger partial charge in [-0.15, -0.1) is 0 Å². The average molecular weight is 255 g/mol. The highest BCUT2D eigenvalue weighted by Gasteiger charge is 2.20. The van der Waals surface area contributed by atoms with Gasteiger partial charge in [0.1, 0.15) is 0 Å². The van der Waals surface area contributed by atoms with Gasteiger partial charge in [-0.25, -0.2) is 8.78 Å². The summed E-state index contributed by atoms with van der Waals surface area (Å²) in [5.74, 6) is -1.46. The molecule has 0 saturated carbocycles. The van der Waals surface area contributed by atoms with E-state index in [2.05, 4.69) is 26.1 Å². The van der Waals surface area contributed by atoms with E-state index in [1.165, 1.54) is 0 Å². The second kappa shape index (κ2) is 6.83. The molecule has 1 aromatic rings. The third-order valence-electron chi connectivity index (χ3n) is 3.11. The molecule has 1 nitrogen and oxygen atoms in total. The molecular formula is C15H23F2N. The highest BCUT2D eigenvalue weighted by molar-refractivity contribution is 5.20. The molecular weight excluding hydrogens is 232 g/mol. The summed E-state index contributed by atoms with van der Waals surface area (Å²) in [5, 5.41) is 3.34. The molecule has 0 unspecified atom stereocenters. The Morgan fingerprint density at radius 1 is 1.17 bits per heavy atom. The van der Waals surface area contributed by atoms with Gasteiger partial charge in [-0.05, 0) is 49.4 Å². The van der Waals surface area contributed by atoms with Crippen LogP contribution in [-0.2, 0) is 6.42 Å². The number of benzene rings is 1. The molecule has 0 aliphatic rings. The Morgan fingerprint density at radius 3 is 2.56 bits per heavy atom. The maximum Gasteiger partial charge on any atom is 0.162 e. The first-order valence-electron chi connectivity index (χ1n) is 6.60. The van der Waals surface area contributed by atoms with E-state index in [4.69, 9.17) is 0 Å². The molecule has 0 amide bonds. The Bertz CT molecular complexity index is 375. The van der Waals surface area contributed by atoms with E-state index < -0.39 is 11.6 Å². The van der Waals surface area contributed by atoms with Crippen LogP contribution in [0.3, 0.4) is 0 Å². The van der Waals surface area contributed by atoms with Gasteiger partial charge in [0.2, 0.25) is 0 Å². The molecule has 1 rings (SSSR count). The van der Waals surface area contributed by atoms with Crippen LogP contribution in [0.1, 0.15) is 39.2 Å². The Balaban J connectivity index is 2.56. The molecule has 18 heavy (non-hydrogen) atoms. The van der Waals surface area contributed by atoms with Crippen molar-refractivity contribution in [2.45, 2.75) is 40.0 Å². The Labute approximate surface area is 109 Å². The molecule has 0 bridgehead atoms. The van der Waals surface area contributed by atoms with E-state index in [9.17, 15) is 8.78 Å². The molecule has 0 spiro atoms. The molecule has 0 fully saturated rings. The van der Waals surface area contributed by atoms with Gasteiger partial charge in [0, 0.05) is 0 Å². The first-order chi connectivity index (χ1) is 8.46. The summed E-state index contributed by atoms with van der Waals surface area (Å²) in [6.45, 7) is 8.22. The number of hydrogen-bond acceptors (Lipinski definition) is 1. The lowest BCUT2D eigenvalue weighted by molar-refractivity contribution is 0.319. The Kier molecular flexibility index (Phi) is 5.73. The Hall–Kier alpha value is -0.960. The van der Waals surface area contributed by atoms with Crippen molar-refractivity contribution in [2.75, 3.05) is 13.1 Å². The molecule has 0 aliphatic heterocycles. The van der Waals surface area contributed by atoms with Gasteiger partial charge in [0.25, 0.3) is 0 Å². The van der Waals surface area contributed by atoms with Crippen LogP contribution in [0.4, 0.5) is 8.78 Å². The van der Waals surface area contributed by atoms with Gasteiger partial charge in [0.15, 0.2) is 11.6 Å². The van der Waals surface area contributed by atoms with E-state index in [0.29, 0.717) is 12.0 Å². The summed E-state index contributed by atoms with van der Waals surface area (Å²) in [5.41, 5.74) is 0.436. The van der Waals surface area contributed by atoms with Crippen molar-refractivity contribution in [2.24, 2.45) is 5.41 Å². The van der Waals surface area contributed by atoms with Crippen LogP contribution in [-0.4, -0.2) is 13.1 Å². The molecule has 0 radical (unpaired) electrons. The van der Waals surface area contributed by atoms with Crippen molar-refractivity contribution in [1.82, 2.24) is 5.32 Å². The number of hydrogen-bond donors (Lipinski definition) is 1. The smallest absolute Gasteiger partial charge is 0.162 e. The van der Waals surface area contributed by atoms with Crippen molar-refractivity contribution in [3.05, 3.63) is 35.4 Å². The van der Waals surface area contributed by atoms with Crippen molar-refractivity contribution in [3.8, 4) is 0 Å². The van der Waals surface area contributed by atoms with Gasteiger partial charge in [-0.3, -0.25) is 0 Å². The minimum Gasteiger partial charge on any atom is -0.317 e. The van der Waals surface area contributed by atoms with Crippen LogP contribution >= 0.6 is 0 Å². The highest BCUT2D eigenvalue weighted by atomic mass is 19.2. The third kappa shape index (κ3) is 4.73. The predicted octanol–water partition coefficient (Wildman–Crippen LogP) is 3.92. The fourth-order valence-electron chi connectivity index (χ4n) is 2.02. The molecule has 1 N–H and O–H groups in total. The first-order valence-corrected chi connectivity index (χ1v) is 6.60. The maximum atomic E-state index is 13.6. The third-order valence-corrected chi connectivity index (χ3v) is 3.11. The van der Waals surface area contributed by atoms with E-state index in [1.54, 1.807) is 12.1 Å². The van der Waals surface area contributed by atoms with Gasteiger partial charge in [0.05, 0.1) is 0 Å². The largest absolute Gasteiger partial charge is 0.317 e. The molecule has 0 aliphatic carbocycles. The molecule has 3 heteroatoms. The zero-order valence-electron chi connectivity index (χ0n) is 11.5. The van der Waals surface area contributed by atoms with Gasteiger partial charge < -0.3 is 5.32 Å². The topological polar surface area (TPSA) is 12.0 Å². The summed E-state index contributed by atoms with van der Waals surface area (Å²) in [6.07, 6.45) is 2.62. The van der Waals surface area contributed by atoms with Crippen molar-refractivity contribution >= 4 is 0 Å². The fraction of sp³-hybridized carbons (Fsp3) is 0.600. The van der Waals surface area contributed by atoms with Crippen LogP contribution in [0, 0.1) is 17.0 Å². The molecule has 102 valence electrons. The summed E-state index contributed by atoms with van der Waals surface area (Å²) >= 11 is 0. The van der Waals surface area contributed by atoms with Crippen LogP contribution in [0.25, 0.3) is 0 Å². The SMILES string of the molecule is CCCNCCC(C)(C)Cc1cccc(F)c1F. The predicted molar refractivity (Wildman–Crippen MR) is 71.6 cm³/mol. The molecule has 0 heterocycles. The van der Waals surface area contributed by atoms with Crippen molar-refractivity contribution in [3.63, 3.8) is 0 Å². The zero-order valence-corrected chi connectivity index (χ0v) is 11.5. The quantitative estimate of drug-likeness (QED) is 0.728. The first kappa shape index (κ1) is 15.1. The van der Waals surface area contributed by atoms with Crippen LogP contribution in [0.15, 0.2) is 18.2 Å². The van der Waals surface area contributed by atoms with Crippen molar-refractivity contribution < 1.29 is 8.78 Å². The molecule has 1 aromatic carbocycles. The fourth-order valence-corrected chi connectivity index (χ4v) is 2.02. The summed E-state index contributed by atoms with van der Waals surface area (Å²) in [7, 11) is 0. The lowest BCUT2D eigenvalue weighted by Gasteiger charge is -2.25. The minimum absolute atomic E-state index is 0.0324. The van der Waals surface area contributed by atoms with Crippen molar-refractivity contribution in [1.29, 1.82) is 0 Å². The maximum absolute atomic E-state index is 13.6. The van der Waals surface area contributed by atoms with Crippen LogP contribution in [0.2, 0.25) is 0 Å². The van der Waals surface area contributed by atoms with E-state index >= 15 is 0 Å². The average Bonchev–Trinajstić information content (AvgIpc) is 2.31. The second-order valence-electron chi connectivity index (χ2n) is 5.55. The summed E-state index contributed by atoms with van der Waals surface area (Å²) in [6, 6.07) is 4.40. The Morgan fingerprint density at radius 2 is 1.89 bits per heavy atom. The van der Waals surface area contributed by atoms with Gasteiger partial charge in [-0.2, -0.15) is 0 Å². The number of halogens is 2. The van der Waals surface area contributed by atoms with Gasteiger partial charge >= 0.3 is 0 Å². The summed E-state index contributed by atoms with van der Waals surface area (Å²) in [4.78, 5) is 0. The number of rotatable bonds is 7. The lowest BCUT2D eigenvalue weighted by Crippen LogP contribution is -2.25. The monoisotopic (exact) mass is 255 g/mol. The lowest BCUT2D eigenvalue weighted by atomic mass is 9.82.